The van der Waals surface area contributed by atoms with Crippen molar-refractivity contribution in [1.82, 2.24) is 5.32 Å². The van der Waals surface area contributed by atoms with Crippen LogP contribution in [-0.2, 0) is 0 Å². The summed E-state index contributed by atoms with van der Waals surface area (Å²) in [7, 11) is 0. The van der Waals surface area contributed by atoms with E-state index in [1.165, 1.54) is 0 Å². The zero-order chi connectivity index (χ0) is 15.1. The standard InChI is InChI=1S/C17H29NO2/c1-6-10-18-16(12(3)4)17(19)14-11-13(5)8-9-15(14)20-7-2/h8-9,11-12,16-19H,6-7,10H2,1-5H3. The number of nitrogens with one attached hydrogen (secondary N) is 1. The number of rotatable bonds is 8. The Kier molecular flexibility index (Phi) is 7.03. The first-order valence-electron chi connectivity index (χ1n) is 7.66. The Labute approximate surface area is 123 Å². The third-order valence-corrected chi connectivity index (χ3v) is 3.47. The van der Waals surface area contributed by atoms with Gasteiger partial charge >= 0.3 is 0 Å². The average molecular weight is 279 g/mol. The van der Waals surface area contributed by atoms with Crippen LogP contribution < -0.4 is 10.1 Å². The maximum Gasteiger partial charge on any atom is 0.125 e. The topological polar surface area (TPSA) is 41.5 Å². The zero-order valence-electron chi connectivity index (χ0n) is 13.4. The van der Waals surface area contributed by atoms with E-state index in [9.17, 15) is 5.11 Å². The summed E-state index contributed by atoms with van der Waals surface area (Å²) in [6, 6.07) is 6.04. The quantitative estimate of drug-likeness (QED) is 0.766. The van der Waals surface area contributed by atoms with Gasteiger partial charge < -0.3 is 15.2 Å². The molecule has 0 spiro atoms. The van der Waals surface area contributed by atoms with Crippen LogP contribution in [-0.4, -0.2) is 24.3 Å². The van der Waals surface area contributed by atoms with Gasteiger partial charge in [0.25, 0.3) is 0 Å². The summed E-state index contributed by atoms with van der Waals surface area (Å²) >= 11 is 0. The minimum absolute atomic E-state index is 0.0379. The molecule has 0 saturated carbocycles. The molecule has 0 aromatic heterocycles. The van der Waals surface area contributed by atoms with Crippen molar-refractivity contribution in [3.8, 4) is 5.75 Å². The Balaban J connectivity index is 3.02. The van der Waals surface area contributed by atoms with Gasteiger partial charge in [-0.25, -0.2) is 0 Å². The fourth-order valence-corrected chi connectivity index (χ4v) is 2.40. The van der Waals surface area contributed by atoms with E-state index in [4.69, 9.17) is 4.74 Å². The van der Waals surface area contributed by atoms with Crippen LogP contribution in [0, 0.1) is 12.8 Å². The molecule has 2 unspecified atom stereocenters. The molecule has 1 rings (SSSR count). The molecule has 3 heteroatoms. The van der Waals surface area contributed by atoms with Gasteiger partial charge in [-0.1, -0.05) is 32.4 Å². The minimum Gasteiger partial charge on any atom is -0.493 e. The molecule has 0 radical (unpaired) electrons. The minimum atomic E-state index is -0.553. The molecule has 1 aromatic rings. The van der Waals surface area contributed by atoms with Gasteiger partial charge in [-0.2, -0.15) is 0 Å². The Bertz CT molecular complexity index is 404. The highest BCUT2D eigenvalue weighted by molar-refractivity contribution is 5.39. The highest BCUT2D eigenvalue weighted by atomic mass is 16.5. The van der Waals surface area contributed by atoms with Gasteiger partial charge in [0.05, 0.1) is 12.7 Å². The molecule has 0 saturated heterocycles. The van der Waals surface area contributed by atoms with Crippen LogP contribution in [0.1, 0.15) is 51.3 Å². The first-order chi connectivity index (χ1) is 9.51. The predicted molar refractivity (Wildman–Crippen MR) is 84.2 cm³/mol. The van der Waals surface area contributed by atoms with E-state index in [-0.39, 0.29) is 6.04 Å². The van der Waals surface area contributed by atoms with Gasteiger partial charge in [0.15, 0.2) is 0 Å². The van der Waals surface area contributed by atoms with Crippen molar-refractivity contribution in [1.29, 1.82) is 0 Å². The van der Waals surface area contributed by atoms with E-state index in [1.54, 1.807) is 0 Å². The second kappa shape index (κ2) is 8.28. The molecule has 1 aromatic carbocycles. The normalized spacial score (nSPS) is 14.3. The maximum absolute atomic E-state index is 10.8. The van der Waals surface area contributed by atoms with Gasteiger partial charge in [0.2, 0.25) is 0 Å². The monoisotopic (exact) mass is 279 g/mol. The molecule has 3 nitrogen and oxygen atoms in total. The number of hydrogen-bond acceptors (Lipinski definition) is 3. The third-order valence-electron chi connectivity index (χ3n) is 3.47. The first-order valence-corrected chi connectivity index (χ1v) is 7.66. The fourth-order valence-electron chi connectivity index (χ4n) is 2.40. The van der Waals surface area contributed by atoms with E-state index in [2.05, 4.69) is 26.1 Å². The van der Waals surface area contributed by atoms with E-state index in [0.29, 0.717) is 12.5 Å². The molecule has 2 atom stereocenters. The SMILES string of the molecule is CCCNC(C(C)C)C(O)c1cc(C)ccc1OCC. The van der Waals surface area contributed by atoms with Gasteiger partial charge in [-0.15, -0.1) is 0 Å². The van der Waals surface area contributed by atoms with Crippen LogP contribution in [0.2, 0.25) is 0 Å². The summed E-state index contributed by atoms with van der Waals surface area (Å²) in [4.78, 5) is 0. The smallest absolute Gasteiger partial charge is 0.125 e. The van der Waals surface area contributed by atoms with Crippen molar-refractivity contribution >= 4 is 0 Å². The number of aliphatic hydroxyl groups is 1. The molecule has 2 N–H and O–H groups in total. The zero-order valence-corrected chi connectivity index (χ0v) is 13.4. The van der Waals surface area contributed by atoms with Gasteiger partial charge in [0.1, 0.15) is 5.75 Å². The van der Waals surface area contributed by atoms with Crippen molar-refractivity contribution in [3.05, 3.63) is 29.3 Å². The van der Waals surface area contributed by atoms with E-state index < -0.39 is 6.10 Å². The molecule has 0 aliphatic carbocycles. The van der Waals surface area contributed by atoms with Crippen molar-refractivity contribution in [2.75, 3.05) is 13.2 Å². The maximum atomic E-state index is 10.8. The van der Waals surface area contributed by atoms with Crippen molar-refractivity contribution < 1.29 is 9.84 Å². The molecule has 0 aliphatic rings. The third kappa shape index (κ3) is 4.50. The van der Waals surface area contributed by atoms with Gasteiger partial charge in [-0.3, -0.25) is 0 Å². The Morgan fingerprint density at radius 2 is 1.95 bits per heavy atom. The number of hydrogen-bond donors (Lipinski definition) is 2. The van der Waals surface area contributed by atoms with Crippen LogP contribution in [0.5, 0.6) is 5.75 Å². The molecule has 0 aliphatic heterocycles. The van der Waals surface area contributed by atoms with Gasteiger partial charge in [-0.05, 0) is 44.9 Å². The Hall–Kier alpha value is -1.06. The van der Waals surface area contributed by atoms with Crippen molar-refractivity contribution in [2.24, 2.45) is 5.92 Å². The highest BCUT2D eigenvalue weighted by Gasteiger charge is 2.26. The summed E-state index contributed by atoms with van der Waals surface area (Å²) in [6.45, 7) is 11.9. The molecule has 0 heterocycles. The summed E-state index contributed by atoms with van der Waals surface area (Å²) in [5.41, 5.74) is 2.02. The van der Waals surface area contributed by atoms with Crippen LogP contribution >= 0.6 is 0 Å². The Morgan fingerprint density at radius 1 is 1.25 bits per heavy atom. The molecule has 0 fully saturated rings. The number of ether oxygens (including phenoxy) is 1. The molecule has 0 bridgehead atoms. The van der Waals surface area contributed by atoms with Gasteiger partial charge in [0, 0.05) is 11.6 Å². The van der Waals surface area contributed by atoms with E-state index in [0.717, 1.165) is 29.8 Å². The van der Waals surface area contributed by atoms with Crippen LogP contribution in [0.3, 0.4) is 0 Å². The average Bonchev–Trinajstić information content (AvgIpc) is 2.41. The lowest BCUT2D eigenvalue weighted by Crippen LogP contribution is -2.39. The fraction of sp³-hybridized carbons (Fsp3) is 0.647. The summed E-state index contributed by atoms with van der Waals surface area (Å²) in [5.74, 6) is 1.14. The largest absolute Gasteiger partial charge is 0.493 e. The molecule has 20 heavy (non-hydrogen) atoms. The van der Waals surface area contributed by atoms with E-state index in [1.807, 2.05) is 32.0 Å². The molecular weight excluding hydrogens is 250 g/mol. The van der Waals surface area contributed by atoms with Crippen LogP contribution in [0.4, 0.5) is 0 Å². The second-order valence-corrected chi connectivity index (χ2v) is 5.64. The lowest BCUT2D eigenvalue weighted by Gasteiger charge is -2.29. The lowest BCUT2D eigenvalue weighted by atomic mass is 9.92. The molecule has 0 amide bonds. The van der Waals surface area contributed by atoms with E-state index >= 15 is 0 Å². The first kappa shape index (κ1) is 17.0. The summed E-state index contributed by atoms with van der Waals surface area (Å²) in [6.07, 6.45) is 0.505. The second-order valence-electron chi connectivity index (χ2n) is 5.64. The lowest BCUT2D eigenvalue weighted by molar-refractivity contribution is 0.102. The van der Waals surface area contributed by atoms with Crippen LogP contribution in [0.15, 0.2) is 18.2 Å². The predicted octanol–water partition coefficient (Wildman–Crippen LogP) is 3.45. The number of benzene rings is 1. The summed E-state index contributed by atoms with van der Waals surface area (Å²) < 4.78 is 5.66. The van der Waals surface area contributed by atoms with Crippen molar-refractivity contribution in [3.63, 3.8) is 0 Å². The molecular formula is C17H29NO2. The van der Waals surface area contributed by atoms with Crippen LogP contribution in [0.25, 0.3) is 0 Å². The summed E-state index contributed by atoms with van der Waals surface area (Å²) in [5, 5.41) is 14.2. The van der Waals surface area contributed by atoms with Crippen molar-refractivity contribution in [2.45, 2.75) is 53.2 Å². The Morgan fingerprint density at radius 3 is 2.50 bits per heavy atom. The molecule has 114 valence electrons. The number of aliphatic hydroxyl groups excluding tert-OH is 1. The number of aryl methyl sites for hydroxylation is 1. The highest BCUT2D eigenvalue weighted by Crippen LogP contribution is 2.31.